The van der Waals surface area contributed by atoms with Crippen LogP contribution in [0.1, 0.15) is 17.0 Å². The minimum atomic E-state index is -0.398. The van der Waals surface area contributed by atoms with Crippen molar-refractivity contribution in [3.05, 3.63) is 83.4 Å². The van der Waals surface area contributed by atoms with Gasteiger partial charge in [-0.1, -0.05) is 36.4 Å². The molecule has 0 bridgehead atoms. The molecule has 0 unspecified atom stereocenters. The standard InChI is InChI=1S/C21H18FN3O2/c1-14-20(25-19(26)13-12-16-8-6-7-11-18(16)22)15(2)24-21(23-14)27-17-9-4-3-5-10-17/h3-13H,1-2H3,(H,25,26)/b13-12+. The molecular weight excluding hydrogens is 345 g/mol. The highest BCUT2D eigenvalue weighted by atomic mass is 19.1. The van der Waals surface area contributed by atoms with Gasteiger partial charge in [0.2, 0.25) is 5.91 Å². The van der Waals surface area contributed by atoms with Crippen LogP contribution in [0, 0.1) is 19.7 Å². The molecule has 27 heavy (non-hydrogen) atoms. The average molecular weight is 363 g/mol. The molecular formula is C21H18FN3O2. The first kappa shape index (κ1) is 18.3. The fourth-order valence-electron chi connectivity index (χ4n) is 2.45. The maximum Gasteiger partial charge on any atom is 0.322 e. The highest BCUT2D eigenvalue weighted by Gasteiger charge is 2.12. The van der Waals surface area contributed by atoms with Gasteiger partial charge in [0, 0.05) is 11.6 Å². The van der Waals surface area contributed by atoms with E-state index in [4.69, 9.17) is 4.74 Å². The van der Waals surface area contributed by atoms with E-state index < -0.39 is 5.91 Å². The number of anilines is 1. The SMILES string of the molecule is Cc1nc(Oc2ccccc2)nc(C)c1NC(=O)/C=C/c1ccccc1F. The second kappa shape index (κ2) is 8.23. The van der Waals surface area contributed by atoms with Crippen molar-refractivity contribution in [1.29, 1.82) is 0 Å². The summed E-state index contributed by atoms with van der Waals surface area (Å²) in [6.45, 7) is 3.51. The van der Waals surface area contributed by atoms with Crippen molar-refractivity contribution in [2.45, 2.75) is 13.8 Å². The van der Waals surface area contributed by atoms with Gasteiger partial charge in [0.25, 0.3) is 0 Å². The number of halogens is 1. The molecule has 1 amide bonds. The van der Waals surface area contributed by atoms with Crippen LogP contribution in [0.3, 0.4) is 0 Å². The van der Waals surface area contributed by atoms with E-state index in [1.807, 2.05) is 18.2 Å². The molecule has 5 nitrogen and oxygen atoms in total. The Hall–Kier alpha value is -3.54. The molecule has 0 aliphatic heterocycles. The topological polar surface area (TPSA) is 64.1 Å². The highest BCUT2D eigenvalue weighted by Crippen LogP contribution is 2.23. The Balaban J connectivity index is 1.73. The Labute approximate surface area is 156 Å². The lowest BCUT2D eigenvalue weighted by atomic mass is 10.2. The molecule has 2 aromatic carbocycles. The predicted molar refractivity (Wildman–Crippen MR) is 102 cm³/mol. The number of hydrogen-bond donors (Lipinski definition) is 1. The number of nitrogens with zero attached hydrogens (tertiary/aromatic N) is 2. The monoisotopic (exact) mass is 363 g/mol. The summed E-state index contributed by atoms with van der Waals surface area (Å²) in [5.74, 6) is -0.162. The minimum Gasteiger partial charge on any atom is -0.424 e. The fraction of sp³-hybridized carbons (Fsp3) is 0.0952. The lowest BCUT2D eigenvalue weighted by Crippen LogP contribution is -2.12. The predicted octanol–water partition coefficient (Wildman–Crippen LogP) is 4.68. The van der Waals surface area contributed by atoms with E-state index in [2.05, 4.69) is 15.3 Å². The molecule has 0 radical (unpaired) electrons. The van der Waals surface area contributed by atoms with Crippen molar-refractivity contribution >= 4 is 17.7 Å². The second-order valence-electron chi connectivity index (χ2n) is 5.81. The van der Waals surface area contributed by atoms with Gasteiger partial charge < -0.3 is 10.1 Å². The van der Waals surface area contributed by atoms with Gasteiger partial charge in [0.1, 0.15) is 11.6 Å². The largest absolute Gasteiger partial charge is 0.424 e. The van der Waals surface area contributed by atoms with Crippen LogP contribution in [0.4, 0.5) is 10.1 Å². The van der Waals surface area contributed by atoms with Gasteiger partial charge in [0.15, 0.2) is 0 Å². The van der Waals surface area contributed by atoms with E-state index in [0.717, 1.165) is 0 Å². The van der Waals surface area contributed by atoms with Crippen molar-refractivity contribution in [1.82, 2.24) is 9.97 Å². The third-order valence-electron chi connectivity index (χ3n) is 3.77. The van der Waals surface area contributed by atoms with Crippen molar-refractivity contribution in [2.24, 2.45) is 0 Å². The molecule has 0 spiro atoms. The summed E-state index contributed by atoms with van der Waals surface area (Å²) in [7, 11) is 0. The molecule has 1 N–H and O–H groups in total. The number of carbonyl (C=O) groups is 1. The second-order valence-corrected chi connectivity index (χ2v) is 5.81. The van der Waals surface area contributed by atoms with Crippen LogP contribution in [0.5, 0.6) is 11.8 Å². The van der Waals surface area contributed by atoms with Gasteiger partial charge in [-0.2, -0.15) is 9.97 Å². The zero-order valence-corrected chi connectivity index (χ0v) is 14.9. The van der Waals surface area contributed by atoms with Gasteiger partial charge in [-0.3, -0.25) is 4.79 Å². The number of nitrogens with one attached hydrogen (secondary N) is 1. The smallest absolute Gasteiger partial charge is 0.322 e. The number of ether oxygens (including phenoxy) is 1. The van der Waals surface area contributed by atoms with Crippen molar-refractivity contribution in [3.8, 4) is 11.8 Å². The van der Waals surface area contributed by atoms with Crippen LogP contribution < -0.4 is 10.1 Å². The van der Waals surface area contributed by atoms with Crippen molar-refractivity contribution in [2.75, 3.05) is 5.32 Å². The van der Waals surface area contributed by atoms with Gasteiger partial charge in [0.05, 0.1) is 17.1 Å². The molecule has 3 aromatic rings. The van der Waals surface area contributed by atoms with Gasteiger partial charge >= 0.3 is 6.01 Å². The number of rotatable bonds is 5. The van der Waals surface area contributed by atoms with E-state index in [1.165, 1.54) is 18.2 Å². The van der Waals surface area contributed by atoms with E-state index >= 15 is 0 Å². The molecule has 3 rings (SSSR count). The zero-order valence-electron chi connectivity index (χ0n) is 14.9. The summed E-state index contributed by atoms with van der Waals surface area (Å²) in [4.78, 5) is 20.7. The Bertz CT molecular complexity index is 965. The number of aromatic nitrogens is 2. The molecule has 1 heterocycles. The average Bonchev–Trinajstić information content (AvgIpc) is 2.65. The summed E-state index contributed by atoms with van der Waals surface area (Å²) >= 11 is 0. The molecule has 0 aliphatic carbocycles. The first-order chi connectivity index (χ1) is 13.0. The van der Waals surface area contributed by atoms with E-state index in [-0.39, 0.29) is 11.8 Å². The molecule has 0 saturated carbocycles. The molecule has 136 valence electrons. The van der Waals surface area contributed by atoms with E-state index in [1.54, 1.807) is 44.2 Å². The van der Waals surface area contributed by atoms with Gasteiger partial charge in [-0.25, -0.2) is 4.39 Å². The quantitative estimate of drug-likeness (QED) is 0.669. The van der Waals surface area contributed by atoms with Gasteiger partial charge in [-0.15, -0.1) is 0 Å². The van der Waals surface area contributed by atoms with Crippen LogP contribution in [-0.2, 0) is 4.79 Å². The molecule has 0 fully saturated rings. The number of aryl methyl sites for hydroxylation is 2. The normalized spacial score (nSPS) is 10.8. The van der Waals surface area contributed by atoms with E-state index in [9.17, 15) is 9.18 Å². The fourth-order valence-corrected chi connectivity index (χ4v) is 2.45. The third-order valence-corrected chi connectivity index (χ3v) is 3.77. The lowest BCUT2D eigenvalue weighted by Gasteiger charge is -2.11. The maximum atomic E-state index is 13.6. The summed E-state index contributed by atoms with van der Waals surface area (Å²) in [5, 5.41) is 2.73. The number of benzene rings is 2. The van der Waals surface area contributed by atoms with Crippen LogP contribution in [0.25, 0.3) is 6.08 Å². The third kappa shape index (κ3) is 4.76. The van der Waals surface area contributed by atoms with Crippen LogP contribution >= 0.6 is 0 Å². The number of amides is 1. The zero-order chi connectivity index (χ0) is 19.2. The molecule has 6 heteroatoms. The van der Waals surface area contributed by atoms with Crippen molar-refractivity contribution in [3.63, 3.8) is 0 Å². The van der Waals surface area contributed by atoms with Crippen LogP contribution in [-0.4, -0.2) is 15.9 Å². The Morgan fingerprint density at radius 3 is 2.30 bits per heavy atom. The minimum absolute atomic E-state index is 0.205. The first-order valence-corrected chi connectivity index (χ1v) is 8.34. The first-order valence-electron chi connectivity index (χ1n) is 8.34. The number of carbonyl (C=O) groups excluding carboxylic acids is 1. The lowest BCUT2D eigenvalue weighted by molar-refractivity contribution is -0.111. The van der Waals surface area contributed by atoms with Gasteiger partial charge in [-0.05, 0) is 38.1 Å². The summed E-state index contributed by atoms with van der Waals surface area (Å²) in [6, 6.07) is 15.6. The number of para-hydroxylation sites is 1. The Morgan fingerprint density at radius 1 is 1.00 bits per heavy atom. The summed E-state index contributed by atoms with van der Waals surface area (Å²) in [6.07, 6.45) is 2.69. The summed E-state index contributed by atoms with van der Waals surface area (Å²) in [5.41, 5.74) is 1.98. The molecule has 0 aliphatic rings. The summed E-state index contributed by atoms with van der Waals surface area (Å²) < 4.78 is 19.2. The molecule has 0 saturated heterocycles. The highest BCUT2D eigenvalue weighted by molar-refractivity contribution is 6.02. The Morgan fingerprint density at radius 2 is 1.63 bits per heavy atom. The van der Waals surface area contributed by atoms with Crippen molar-refractivity contribution < 1.29 is 13.9 Å². The molecule has 0 atom stereocenters. The van der Waals surface area contributed by atoms with E-state index in [0.29, 0.717) is 28.4 Å². The van der Waals surface area contributed by atoms with Crippen LogP contribution in [0.2, 0.25) is 0 Å². The number of hydrogen-bond acceptors (Lipinski definition) is 4. The molecule has 1 aromatic heterocycles. The Kier molecular flexibility index (Phi) is 5.56. The van der Waals surface area contributed by atoms with Crippen LogP contribution in [0.15, 0.2) is 60.7 Å². The maximum absolute atomic E-state index is 13.6.